The third-order valence-corrected chi connectivity index (χ3v) is 9.25. The molecule has 0 aliphatic heterocycles. The van der Waals surface area contributed by atoms with Gasteiger partial charge in [0.1, 0.15) is 0 Å². The first-order chi connectivity index (χ1) is 24.3. The van der Waals surface area contributed by atoms with Crippen molar-refractivity contribution in [1.82, 2.24) is 14.5 Å². The van der Waals surface area contributed by atoms with Crippen LogP contribution >= 0.6 is 0 Å². The second-order valence-electron chi connectivity index (χ2n) is 12.2. The first-order valence-electron chi connectivity index (χ1n) is 16.6. The van der Waals surface area contributed by atoms with Crippen molar-refractivity contribution >= 4 is 21.8 Å². The largest absolute Gasteiger partial charge is 0.309 e. The van der Waals surface area contributed by atoms with Gasteiger partial charge in [-0.1, -0.05) is 164 Å². The lowest BCUT2D eigenvalue weighted by Crippen LogP contribution is -2.00. The third-order valence-electron chi connectivity index (χ3n) is 9.25. The van der Waals surface area contributed by atoms with Crippen LogP contribution in [0, 0.1) is 0 Å². The van der Waals surface area contributed by atoms with E-state index in [0.717, 1.165) is 56.0 Å². The summed E-state index contributed by atoms with van der Waals surface area (Å²) in [7, 11) is 0. The number of para-hydroxylation sites is 2. The fourth-order valence-corrected chi connectivity index (χ4v) is 6.89. The molecule has 0 aliphatic carbocycles. The van der Waals surface area contributed by atoms with Gasteiger partial charge in [-0.25, -0.2) is 9.97 Å². The summed E-state index contributed by atoms with van der Waals surface area (Å²) in [4.78, 5) is 10.5. The molecule has 0 aliphatic rings. The maximum Gasteiger partial charge on any atom is 0.160 e. The van der Waals surface area contributed by atoms with E-state index in [0.29, 0.717) is 5.82 Å². The third kappa shape index (κ3) is 5.18. The molecule has 49 heavy (non-hydrogen) atoms. The highest BCUT2D eigenvalue weighted by molar-refractivity contribution is 6.09. The molecule has 7 aromatic carbocycles. The summed E-state index contributed by atoms with van der Waals surface area (Å²) in [6, 6.07) is 66.0. The van der Waals surface area contributed by atoms with Crippen LogP contribution in [-0.4, -0.2) is 14.5 Å². The first-order valence-corrected chi connectivity index (χ1v) is 16.6. The van der Waals surface area contributed by atoms with E-state index in [1.54, 1.807) is 0 Å². The molecule has 0 atom stereocenters. The second-order valence-corrected chi connectivity index (χ2v) is 12.2. The van der Waals surface area contributed by atoms with Gasteiger partial charge in [0, 0.05) is 38.7 Å². The molecule has 0 saturated heterocycles. The Morgan fingerprint density at radius 3 is 1.18 bits per heavy atom. The average molecular weight is 626 g/mol. The number of fused-ring (bicyclic) bond motifs is 3. The van der Waals surface area contributed by atoms with Gasteiger partial charge in [-0.2, -0.15) is 0 Å². The first kappa shape index (κ1) is 28.6. The Morgan fingerprint density at radius 2 is 0.694 bits per heavy atom. The van der Waals surface area contributed by atoms with Crippen LogP contribution in [0.5, 0.6) is 0 Å². The van der Waals surface area contributed by atoms with Gasteiger partial charge in [0.25, 0.3) is 0 Å². The summed E-state index contributed by atoms with van der Waals surface area (Å²) >= 11 is 0. The minimum atomic E-state index is 0.700. The van der Waals surface area contributed by atoms with E-state index >= 15 is 0 Å². The Labute approximate surface area is 285 Å². The molecule has 0 amide bonds. The lowest BCUT2D eigenvalue weighted by molar-refractivity contribution is 1.18. The molecule has 0 fully saturated rings. The molecule has 3 nitrogen and oxygen atoms in total. The molecule has 2 heterocycles. The quantitative estimate of drug-likeness (QED) is 0.184. The topological polar surface area (TPSA) is 30.7 Å². The summed E-state index contributed by atoms with van der Waals surface area (Å²) in [5, 5.41) is 2.53. The maximum atomic E-state index is 5.25. The van der Waals surface area contributed by atoms with Crippen LogP contribution in [0.25, 0.3) is 83.6 Å². The smallest absolute Gasteiger partial charge is 0.160 e. The van der Waals surface area contributed by atoms with Gasteiger partial charge in [-0.15, -0.1) is 0 Å². The summed E-state index contributed by atoms with van der Waals surface area (Å²) < 4.78 is 2.35. The van der Waals surface area contributed by atoms with E-state index in [4.69, 9.17) is 9.97 Å². The van der Waals surface area contributed by atoms with Crippen LogP contribution in [0.15, 0.2) is 188 Å². The van der Waals surface area contributed by atoms with Crippen LogP contribution < -0.4 is 0 Å². The highest BCUT2D eigenvalue weighted by atomic mass is 15.0. The van der Waals surface area contributed by atoms with Crippen molar-refractivity contribution in [3.8, 4) is 61.8 Å². The molecule has 2 aromatic heterocycles. The molecule has 3 heteroatoms. The number of hydrogen-bond acceptors (Lipinski definition) is 2. The van der Waals surface area contributed by atoms with E-state index in [1.165, 1.54) is 21.8 Å². The molecule has 9 aromatic rings. The van der Waals surface area contributed by atoms with Crippen LogP contribution in [-0.2, 0) is 0 Å². The predicted octanol–water partition coefficient (Wildman–Crippen LogP) is 11.9. The van der Waals surface area contributed by atoms with E-state index in [9.17, 15) is 0 Å². The van der Waals surface area contributed by atoms with Gasteiger partial charge >= 0.3 is 0 Å². The highest BCUT2D eigenvalue weighted by Crippen LogP contribution is 2.40. The van der Waals surface area contributed by atoms with E-state index in [-0.39, 0.29) is 0 Å². The van der Waals surface area contributed by atoms with Gasteiger partial charge in [0.2, 0.25) is 0 Å². The minimum absolute atomic E-state index is 0.700. The lowest BCUT2D eigenvalue weighted by Gasteiger charge is -2.17. The maximum absolute atomic E-state index is 5.25. The number of rotatable bonds is 6. The van der Waals surface area contributed by atoms with Crippen LogP contribution in [0.4, 0.5) is 0 Å². The van der Waals surface area contributed by atoms with Crippen molar-refractivity contribution in [3.05, 3.63) is 188 Å². The molecule has 0 spiro atoms. The molecular formula is C46H31N3. The normalized spacial score (nSPS) is 11.3. The fourth-order valence-electron chi connectivity index (χ4n) is 6.89. The Kier molecular flexibility index (Phi) is 7.14. The zero-order valence-corrected chi connectivity index (χ0v) is 26.7. The summed E-state index contributed by atoms with van der Waals surface area (Å²) in [6.45, 7) is 0. The van der Waals surface area contributed by atoms with Gasteiger partial charge in [-0.05, 0) is 41.0 Å². The van der Waals surface area contributed by atoms with Crippen LogP contribution in [0.2, 0.25) is 0 Å². The van der Waals surface area contributed by atoms with Crippen LogP contribution in [0.1, 0.15) is 0 Å². The van der Waals surface area contributed by atoms with Crippen molar-refractivity contribution < 1.29 is 0 Å². The predicted molar refractivity (Wildman–Crippen MR) is 204 cm³/mol. The van der Waals surface area contributed by atoms with E-state index < -0.39 is 0 Å². The van der Waals surface area contributed by atoms with Crippen LogP contribution in [0.3, 0.4) is 0 Å². The minimum Gasteiger partial charge on any atom is -0.309 e. The number of hydrogen-bond donors (Lipinski definition) is 0. The number of benzene rings is 7. The standard InChI is InChI=1S/C46H31N3/c1-4-14-34(15-5-1)43-44(35-16-6-2-7-17-35)47-46(48-45(43)36-18-8-3-9-19-36)37-26-24-32(25-27-37)33-28-30-38(31-29-33)49-41-22-12-10-20-39(41)40-21-11-13-23-42(40)49/h1-31H. The van der Waals surface area contributed by atoms with Crippen molar-refractivity contribution in [2.45, 2.75) is 0 Å². The highest BCUT2D eigenvalue weighted by Gasteiger charge is 2.20. The Bertz CT molecular complexity index is 2440. The van der Waals surface area contributed by atoms with Crippen molar-refractivity contribution in [2.75, 3.05) is 0 Å². The molecule has 0 unspecified atom stereocenters. The summed E-state index contributed by atoms with van der Waals surface area (Å²) in [6.07, 6.45) is 0. The van der Waals surface area contributed by atoms with Crippen molar-refractivity contribution in [3.63, 3.8) is 0 Å². The summed E-state index contributed by atoms with van der Waals surface area (Å²) in [5.41, 5.74) is 12.9. The Hall–Kier alpha value is -6.58. The van der Waals surface area contributed by atoms with E-state index in [1.807, 2.05) is 18.2 Å². The lowest BCUT2D eigenvalue weighted by atomic mass is 9.94. The number of nitrogens with zero attached hydrogens (tertiary/aromatic N) is 3. The molecule has 230 valence electrons. The van der Waals surface area contributed by atoms with Crippen molar-refractivity contribution in [1.29, 1.82) is 0 Å². The Morgan fingerprint density at radius 1 is 0.306 bits per heavy atom. The molecular weight excluding hydrogens is 595 g/mol. The zero-order valence-electron chi connectivity index (χ0n) is 26.7. The molecule has 0 N–H and O–H groups in total. The fraction of sp³-hybridized carbons (Fsp3) is 0. The van der Waals surface area contributed by atoms with Gasteiger partial charge in [0.05, 0.1) is 22.4 Å². The van der Waals surface area contributed by atoms with Crippen molar-refractivity contribution in [2.24, 2.45) is 0 Å². The van der Waals surface area contributed by atoms with Gasteiger partial charge in [-0.3, -0.25) is 0 Å². The number of aromatic nitrogens is 3. The molecule has 0 radical (unpaired) electrons. The summed E-state index contributed by atoms with van der Waals surface area (Å²) in [5.74, 6) is 0.700. The average Bonchev–Trinajstić information content (AvgIpc) is 3.53. The van der Waals surface area contributed by atoms with E-state index in [2.05, 4.69) is 174 Å². The SMILES string of the molecule is c1ccc(-c2nc(-c3ccc(-c4ccc(-n5c6ccccc6c6ccccc65)cc4)cc3)nc(-c3ccccc3)c2-c2ccccc2)cc1. The van der Waals surface area contributed by atoms with Gasteiger partial charge in [0.15, 0.2) is 5.82 Å². The zero-order chi connectivity index (χ0) is 32.6. The molecule has 0 saturated carbocycles. The monoisotopic (exact) mass is 625 g/mol. The molecule has 0 bridgehead atoms. The Balaban J connectivity index is 1.12. The van der Waals surface area contributed by atoms with Gasteiger partial charge < -0.3 is 4.57 Å². The molecule has 9 rings (SSSR count). The second kappa shape index (κ2) is 12.2.